The molecule has 1 unspecified atom stereocenters. The molecule has 0 aliphatic carbocycles. The number of carbonyl (C=O) groups excluding carboxylic acids is 1. The van der Waals surface area contributed by atoms with Crippen molar-refractivity contribution in [2.75, 3.05) is 18.0 Å². The maximum absolute atomic E-state index is 13.7. The molecule has 7 N–H and O–H groups in total. The average Bonchev–Trinajstić information content (AvgIpc) is 2.92. The Balaban J connectivity index is 2.13. The van der Waals surface area contributed by atoms with E-state index in [0.29, 0.717) is 30.9 Å². The normalized spacial score (nSPS) is 17.6. The molecule has 1 fully saturated rings. The predicted octanol–water partition coefficient (Wildman–Crippen LogP) is 1.15. The van der Waals surface area contributed by atoms with Gasteiger partial charge in [0, 0.05) is 19.2 Å². The Hall–Kier alpha value is -3.04. The summed E-state index contributed by atoms with van der Waals surface area (Å²) < 4.78 is 18.9. The highest BCUT2D eigenvalue weighted by atomic mass is 19.1. The van der Waals surface area contributed by atoms with Crippen LogP contribution in [0.4, 0.5) is 20.6 Å². The average molecular weight is 379 g/mol. The van der Waals surface area contributed by atoms with Crippen LogP contribution in [-0.4, -0.2) is 42.7 Å². The molecule has 1 atom stereocenters. The van der Waals surface area contributed by atoms with Gasteiger partial charge in [0.2, 0.25) is 5.96 Å². The lowest BCUT2D eigenvalue weighted by Gasteiger charge is -2.23. The zero-order chi connectivity index (χ0) is 20.2. The van der Waals surface area contributed by atoms with Crippen molar-refractivity contribution < 1.29 is 13.9 Å². The predicted molar refractivity (Wildman–Crippen MR) is 103 cm³/mol. The standard InChI is InChI=1S/C17H26FN7O2/c1-17(2,3)27-16(26)22-11-6-7-25(9-11)13-5-4-10(18)8-12(13)23-15(21)24-14(19)20/h4-5,8,11H,6-7,9H2,1-3H3,(H,22,26)(H6,19,20,21,23,24). The lowest BCUT2D eigenvalue weighted by molar-refractivity contribution is 0.0509. The van der Waals surface area contributed by atoms with Crippen LogP contribution in [0.5, 0.6) is 0 Å². The summed E-state index contributed by atoms with van der Waals surface area (Å²) >= 11 is 0. The number of rotatable bonds is 3. The number of benzene rings is 1. The van der Waals surface area contributed by atoms with Crippen molar-refractivity contribution >= 4 is 29.4 Å². The second-order valence-electron chi connectivity index (χ2n) is 7.22. The van der Waals surface area contributed by atoms with Crippen LogP contribution in [0.15, 0.2) is 28.2 Å². The minimum atomic E-state index is -0.565. The Labute approximate surface area is 157 Å². The molecule has 1 aromatic rings. The number of anilines is 1. The van der Waals surface area contributed by atoms with Gasteiger partial charge in [0.25, 0.3) is 0 Å². The molecule has 148 valence electrons. The van der Waals surface area contributed by atoms with E-state index in [0.717, 1.165) is 0 Å². The first kappa shape index (κ1) is 20.3. The molecule has 9 nitrogen and oxygen atoms in total. The number of guanidine groups is 2. The lowest BCUT2D eigenvalue weighted by atomic mass is 10.2. The van der Waals surface area contributed by atoms with Gasteiger partial charge in [-0.3, -0.25) is 0 Å². The fourth-order valence-corrected chi connectivity index (χ4v) is 2.71. The van der Waals surface area contributed by atoms with Gasteiger partial charge in [0.05, 0.1) is 17.4 Å². The van der Waals surface area contributed by atoms with Gasteiger partial charge in [-0.25, -0.2) is 14.2 Å². The van der Waals surface area contributed by atoms with Crippen LogP contribution in [0, 0.1) is 5.82 Å². The van der Waals surface area contributed by atoms with Crippen molar-refractivity contribution in [3.8, 4) is 0 Å². The number of nitrogens with one attached hydrogen (secondary N) is 1. The third kappa shape index (κ3) is 6.32. The van der Waals surface area contributed by atoms with Gasteiger partial charge in [-0.15, -0.1) is 0 Å². The molecule has 0 saturated carbocycles. The Morgan fingerprint density at radius 2 is 2.04 bits per heavy atom. The Morgan fingerprint density at radius 3 is 2.67 bits per heavy atom. The van der Waals surface area contributed by atoms with Crippen LogP contribution >= 0.6 is 0 Å². The van der Waals surface area contributed by atoms with Gasteiger partial charge in [-0.1, -0.05) is 0 Å². The molecule has 0 aromatic heterocycles. The highest BCUT2D eigenvalue weighted by molar-refractivity contribution is 5.94. The van der Waals surface area contributed by atoms with E-state index in [9.17, 15) is 9.18 Å². The molecule has 2 rings (SSSR count). The smallest absolute Gasteiger partial charge is 0.407 e. The summed E-state index contributed by atoms with van der Waals surface area (Å²) in [5, 5.41) is 2.84. The van der Waals surface area contributed by atoms with Crippen molar-refractivity contribution in [2.24, 2.45) is 27.2 Å². The Kier molecular flexibility index (Phi) is 6.09. The van der Waals surface area contributed by atoms with Gasteiger partial charge in [0.15, 0.2) is 5.96 Å². The number of hydrogen-bond acceptors (Lipinski definition) is 4. The van der Waals surface area contributed by atoms with Crippen LogP contribution < -0.4 is 27.4 Å². The first-order valence-corrected chi connectivity index (χ1v) is 8.51. The molecule has 0 radical (unpaired) electrons. The quantitative estimate of drug-likeness (QED) is 0.458. The molecule has 1 heterocycles. The number of ether oxygens (including phenoxy) is 1. The molecule has 1 saturated heterocycles. The molecular weight excluding hydrogens is 353 g/mol. The van der Waals surface area contributed by atoms with E-state index in [4.69, 9.17) is 21.9 Å². The highest BCUT2D eigenvalue weighted by Gasteiger charge is 2.27. The van der Waals surface area contributed by atoms with Crippen molar-refractivity contribution in [3.63, 3.8) is 0 Å². The third-order valence-corrected chi connectivity index (χ3v) is 3.67. The molecule has 1 aliphatic heterocycles. The van der Waals surface area contributed by atoms with Crippen molar-refractivity contribution in [1.82, 2.24) is 5.32 Å². The number of nitrogens with zero attached hydrogens (tertiary/aromatic N) is 3. The molecule has 0 bridgehead atoms. The fraction of sp³-hybridized carbons (Fsp3) is 0.471. The minimum absolute atomic E-state index is 0.100. The summed E-state index contributed by atoms with van der Waals surface area (Å²) in [5.74, 6) is -0.876. The molecule has 1 amide bonds. The molecular formula is C17H26FN7O2. The maximum atomic E-state index is 13.7. The SMILES string of the molecule is CC(C)(C)OC(=O)NC1CCN(c2ccc(F)cc2N=C(N)N=C(N)N)C1. The number of carbonyl (C=O) groups is 1. The van der Waals surface area contributed by atoms with E-state index >= 15 is 0 Å². The van der Waals surface area contributed by atoms with E-state index in [1.807, 2.05) is 4.90 Å². The topological polar surface area (TPSA) is 144 Å². The monoisotopic (exact) mass is 379 g/mol. The molecule has 1 aliphatic rings. The molecule has 10 heteroatoms. The van der Waals surface area contributed by atoms with Gasteiger partial charge in [-0.05, 0) is 39.3 Å². The van der Waals surface area contributed by atoms with Crippen LogP contribution in [0.2, 0.25) is 0 Å². The summed E-state index contributed by atoms with van der Waals surface area (Å²) in [6, 6.07) is 4.09. The van der Waals surface area contributed by atoms with Crippen LogP contribution in [-0.2, 0) is 4.74 Å². The summed E-state index contributed by atoms with van der Waals surface area (Å²) in [4.78, 5) is 21.7. The van der Waals surface area contributed by atoms with Crippen LogP contribution in [0.3, 0.4) is 0 Å². The number of alkyl carbamates (subject to hydrolysis) is 1. The van der Waals surface area contributed by atoms with Crippen molar-refractivity contribution in [2.45, 2.75) is 38.8 Å². The van der Waals surface area contributed by atoms with Gasteiger partial charge < -0.3 is 32.2 Å². The number of hydrogen-bond donors (Lipinski definition) is 4. The molecule has 1 aromatic carbocycles. The number of halogens is 1. The second-order valence-corrected chi connectivity index (χ2v) is 7.22. The summed E-state index contributed by atoms with van der Waals surface area (Å²) in [6.07, 6.45) is 0.243. The van der Waals surface area contributed by atoms with E-state index in [-0.39, 0.29) is 18.0 Å². The van der Waals surface area contributed by atoms with E-state index in [2.05, 4.69) is 15.3 Å². The van der Waals surface area contributed by atoms with Crippen molar-refractivity contribution in [3.05, 3.63) is 24.0 Å². The van der Waals surface area contributed by atoms with E-state index in [1.54, 1.807) is 26.8 Å². The molecule has 0 spiro atoms. The lowest BCUT2D eigenvalue weighted by Crippen LogP contribution is -2.40. The number of aliphatic imine (C=N–C) groups is 2. The Morgan fingerprint density at radius 1 is 1.33 bits per heavy atom. The minimum Gasteiger partial charge on any atom is -0.444 e. The summed E-state index contributed by atoms with van der Waals surface area (Å²) in [7, 11) is 0. The second kappa shape index (κ2) is 8.11. The number of nitrogens with two attached hydrogens (primary N) is 3. The van der Waals surface area contributed by atoms with Crippen LogP contribution in [0.25, 0.3) is 0 Å². The van der Waals surface area contributed by atoms with Crippen LogP contribution in [0.1, 0.15) is 27.2 Å². The largest absolute Gasteiger partial charge is 0.444 e. The van der Waals surface area contributed by atoms with Gasteiger partial charge in [-0.2, -0.15) is 4.99 Å². The first-order chi connectivity index (χ1) is 12.5. The van der Waals surface area contributed by atoms with Crippen molar-refractivity contribution in [1.29, 1.82) is 0 Å². The molecule has 27 heavy (non-hydrogen) atoms. The third-order valence-electron chi connectivity index (χ3n) is 3.67. The fourth-order valence-electron chi connectivity index (χ4n) is 2.71. The Bertz CT molecular complexity index is 754. The zero-order valence-electron chi connectivity index (χ0n) is 15.7. The maximum Gasteiger partial charge on any atom is 0.407 e. The van der Waals surface area contributed by atoms with Gasteiger partial charge >= 0.3 is 6.09 Å². The van der Waals surface area contributed by atoms with E-state index in [1.165, 1.54) is 12.1 Å². The van der Waals surface area contributed by atoms with E-state index < -0.39 is 17.5 Å². The summed E-state index contributed by atoms with van der Waals surface area (Å²) in [6.45, 7) is 6.58. The highest BCUT2D eigenvalue weighted by Crippen LogP contribution is 2.32. The zero-order valence-corrected chi connectivity index (χ0v) is 15.7. The number of amides is 1. The summed E-state index contributed by atoms with van der Waals surface area (Å²) in [5.41, 5.74) is 16.6. The van der Waals surface area contributed by atoms with Gasteiger partial charge in [0.1, 0.15) is 11.4 Å². The first-order valence-electron chi connectivity index (χ1n) is 8.51.